The highest BCUT2D eigenvalue weighted by atomic mass is 35.5. The Balaban J connectivity index is 1.39. The van der Waals surface area contributed by atoms with Crippen molar-refractivity contribution in [3.8, 4) is 0 Å². The number of anilines is 3. The van der Waals surface area contributed by atoms with Crippen LogP contribution in [-0.4, -0.2) is 34.3 Å². The molecule has 0 aliphatic carbocycles. The van der Waals surface area contributed by atoms with Gasteiger partial charge in [-0.15, -0.1) is 0 Å². The van der Waals surface area contributed by atoms with E-state index in [-0.39, 0.29) is 18.0 Å². The summed E-state index contributed by atoms with van der Waals surface area (Å²) in [5.41, 5.74) is 6.54. The third-order valence-electron chi connectivity index (χ3n) is 6.72. The summed E-state index contributed by atoms with van der Waals surface area (Å²) in [6.07, 6.45) is 1.01. The summed E-state index contributed by atoms with van der Waals surface area (Å²) in [5, 5.41) is 10.3. The van der Waals surface area contributed by atoms with E-state index >= 15 is 0 Å². The molecule has 1 unspecified atom stereocenters. The van der Waals surface area contributed by atoms with E-state index in [1.807, 2.05) is 57.2 Å². The summed E-state index contributed by atoms with van der Waals surface area (Å²) in [5.74, 6) is 0.845. The largest absolute Gasteiger partial charge is 0.340 e. The number of aryl methyl sites for hydroxylation is 2. The first-order valence-electron chi connectivity index (χ1n) is 12.8. The fraction of sp³-hybridized carbons (Fsp3) is 0.233. The molecule has 0 bridgehead atoms. The Bertz CT molecular complexity index is 1470. The van der Waals surface area contributed by atoms with Crippen molar-refractivity contribution < 1.29 is 9.59 Å². The van der Waals surface area contributed by atoms with Gasteiger partial charge in [0.2, 0.25) is 0 Å². The quantitative estimate of drug-likeness (QED) is 0.305. The van der Waals surface area contributed by atoms with Crippen molar-refractivity contribution in [3.05, 3.63) is 99.7 Å². The number of urea groups is 1. The first-order valence-corrected chi connectivity index (χ1v) is 14.2. The lowest BCUT2D eigenvalue weighted by Gasteiger charge is -2.41. The van der Waals surface area contributed by atoms with Crippen LogP contribution >= 0.6 is 23.4 Å². The lowest BCUT2D eigenvalue weighted by Crippen LogP contribution is -2.43. The van der Waals surface area contributed by atoms with Crippen molar-refractivity contribution in [2.24, 2.45) is 4.99 Å². The van der Waals surface area contributed by atoms with Crippen molar-refractivity contribution >= 4 is 57.5 Å². The molecule has 7 nitrogen and oxygen atoms in total. The topological polar surface area (TPSA) is 85.8 Å². The van der Waals surface area contributed by atoms with Crippen LogP contribution in [0, 0.1) is 13.8 Å². The molecular formula is C30H30ClN5O2S. The molecular weight excluding hydrogens is 530 g/mol. The molecule has 3 aromatic rings. The smallest absolute Gasteiger partial charge is 0.323 e. The summed E-state index contributed by atoms with van der Waals surface area (Å²) >= 11 is 7.64. The molecule has 9 heteroatoms. The number of amidine groups is 1. The first kappa shape index (κ1) is 26.8. The van der Waals surface area contributed by atoms with Gasteiger partial charge in [-0.3, -0.25) is 4.79 Å². The number of carbonyl (C=O) groups excluding carboxylic acids is 2. The van der Waals surface area contributed by atoms with Crippen LogP contribution in [0.3, 0.4) is 0 Å². The number of amides is 3. The van der Waals surface area contributed by atoms with Crippen molar-refractivity contribution in [2.45, 2.75) is 33.2 Å². The highest BCUT2D eigenvalue weighted by Crippen LogP contribution is 2.40. The Morgan fingerprint density at radius 3 is 2.26 bits per heavy atom. The summed E-state index contributed by atoms with van der Waals surface area (Å²) < 4.78 is 0. The van der Waals surface area contributed by atoms with Gasteiger partial charge in [0.15, 0.2) is 5.17 Å². The van der Waals surface area contributed by atoms with Crippen LogP contribution in [0.15, 0.2) is 83.0 Å². The second-order valence-electron chi connectivity index (χ2n) is 9.67. The molecule has 3 aromatic carbocycles. The zero-order valence-corrected chi connectivity index (χ0v) is 23.6. The van der Waals surface area contributed by atoms with Crippen LogP contribution in [0.1, 0.15) is 36.1 Å². The van der Waals surface area contributed by atoms with Gasteiger partial charge in [0, 0.05) is 34.4 Å². The normalized spacial score (nSPS) is 16.8. The monoisotopic (exact) mass is 559 g/mol. The molecule has 5 rings (SSSR count). The number of benzene rings is 3. The molecule has 2 heterocycles. The van der Waals surface area contributed by atoms with Crippen LogP contribution in [0.2, 0.25) is 5.02 Å². The zero-order chi connectivity index (χ0) is 27.5. The molecule has 0 spiro atoms. The maximum absolute atomic E-state index is 13.7. The molecule has 200 valence electrons. The van der Waals surface area contributed by atoms with E-state index in [1.165, 1.54) is 0 Å². The van der Waals surface area contributed by atoms with E-state index in [9.17, 15) is 9.59 Å². The number of rotatable bonds is 5. The number of carbonyl (C=O) groups is 2. The van der Waals surface area contributed by atoms with Gasteiger partial charge in [0.1, 0.15) is 0 Å². The Hall–Kier alpha value is -3.75. The van der Waals surface area contributed by atoms with E-state index in [1.54, 1.807) is 36.0 Å². The van der Waals surface area contributed by atoms with E-state index in [0.717, 1.165) is 46.3 Å². The predicted octanol–water partition coefficient (Wildman–Crippen LogP) is 7.36. The van der Waals surface area contributed by atoms with Crippen molar-refractivity contribution in [1.82, 2.24) is 4.90 Å². The number of halogens is 1. The van der Waals surface area contributed by atoms with Crippen LogP contribution in [0.5, 0.6) is 0 Å². The average molecular weight is 560 g/mol. The Kier molecular flexibility index (Phi) is 7.95. The summed E-state index contributed by atoms with van der Waals surface area (Å²) in [7, 11) is 0. The highest BCUT2D eigenvalue weighted by molar-refractivity contribution is 8.13. The number of nitrogens with zero attached hydrogens (tertiary/aromatic N) is 2. The molecule has 1 atom stereocenters. The highest BCUT2D eigenvalue weighted by Gasteiger charge is 2.37. The van der Waals surface area contributed by atoms with Gasteiger partial charge >= 0.3 is 6.03 Å². The summed E-state index contributed by atoms with van der Waals surface area (Å²) in [4.78, 5) is 33.3. The fourth-order valence-electron chi connectivity index (χ4n) is 4.82. The van der Waals surface area contributed by atoms with Crippen molar-refractivity contribution in [1.29, 1.82) is 0 Å². The van der Waals surface area contributed by atoms with Crippen LogP contribution < -0.4 is 16.0 Å². The molecule has 0 radical (unpaired) electrons. The minimum atomic E-state index is -0.353. The third-order valence-corrected chi connectivity index (χ3v) is 8.05. The van der Waals surface area contributed by atoms with Crippen molar-refractivity contribution in [3.63, 3.8) is 0 Å². The molecule has 1 saturated heterocycles. The SMILES string of the molecule is CC1=C(C(=O)Nc2ccc(C)cc2C)C(c2ccc(NC(=O)Nc3ccc(Cl)cc3)cc2)N2CCCSC2=N1. The first-order chi connectivity index (χ1) is 18.8. The molecule has 3 amide bonds. The van der Waals surface area contributed by atoms with Crippen LogP contribution in [0.4, 0.5) is 21.9 Å². The van der Waals surface area contributed by atoms with E-state index in [4.69, 9.17) is 16.6 Å². The van der Waals surface area contributed by atoms with Gasteiger partial charge in [-0.2, -0.15) is 0 Å². The predicted molar refractivity (Wildman–Crippen MR) is 162 cm³/mol. The Morgan fingerprint density at radius 1 is 0.923 bits per heavy atom. The number of fused-ring (bicyclic) bond motifs is 1. The van der Waals surface area contributed by atoms with Gasteiger partial charge in [-0.1, -0.05) is 53.2 Å². The lowest BCUT2D eigenvalue weighted by atomic mass is 9.93. The molecule has 3 N–H and O–H groups in total. The average Bonchev–Trinajstić information content (AvgIpc) is 2.91. The van der Waals surface area contributed by atoms with Crippen molar-refractivity contribution in [2.75, 3.05) is 28.2 Å². The Morgan fingerprint density at radius 2 is 1.59 bits per heavy atom. The summed E-state index contributed by atoms with van der Waals surface area (Å²) in [6, 6.07) is 19.9. The second-order valence-corrected chi connectivity index (χ2v) is 11.2. The Labute approximate surface area is 237 Å². The lowest BCUT2D eigenvalue weighted by molar-refractivity contribution is -0.113. The zero-order valence-electron chi connectivity index (χ0n) is 22.0. The molecule has 39 heavy (non-hydrogen) atoms. The van der Waals surface area contributed by atoms with E-state index in [2.05, 4.69) is 26.9 Å². The van der Waals surface area contributed by atoms with Crippen LogP contribution in [0.25, 0.3) is 0 Å². The van der Waals surface area contributed by atoms with E-state index in [0.29, 0.717) is 27.7 Å². The fourth-order valence-corrected chi connectivity index (χ4v) is 5.97. The number of hydrogen-bond acceptors (Lipinski definition) is 5. The maximum atomic E-state index is 13.7. The summed E-state index contributed by atoms with van der Waals surface area (Å²) in [6.45, 7) is 6.75. The molecule has 2 aliphatic rings. The standard InChI is InChI=1S/C30H30ClN5O2S/c1-18-5-14-25(19(2)17-18)35-28(37)26-20(3)32-30-36(15-4-16-39-30)27(26)21-6-10-23(11-7-21)33-29(38)34-24-12-8-22(31)9-13-24/h5-14,17,27H,4,15-16H2,1-3H3,(H,35,37)(H2,33,34,38). The molecule has 1 fully saturated rings. The van der Waals surface area contributed by atoms with E-state index < -0.39 is 0 Å². The third kappa shape index (κ3) is 6.13. The number of hydrogen-bond donors (Lipinski definition) is 3. The molecule has 0 saturated carbocycles. The number of nitrogens with one attached hydrogen (secondary N) is 3. The van der Waals surface area contributed by atoms with Gasteiger partial charge in [-0.05, 0) is 80.8 Å². The van der Waals surface area contributed by atoms with Gasteiger partial charge < -0.3 is 20.9 Å². The number of allylic oxidation sites excluding steroid dienone is 1. The second kappa shape index (κ2) is 11.6. The molecule has 2 aliphatic heterocycles. The van der Waals surface area contributed by atoms with Gasteiger partial charge in [0.25, 0.3) is 5.91 Å². The number of aliphatic imine (C=N–C) groups is 1. The molecule has 0 aromatic heterocycles. The van der Waals surface area contributed by atoms with Gasteiger partial charge in [-0.25, -0.2) is 9.79 Å². The van der Waals surface area contributed by atoms with Gasteiger partial charge in [0.05, 0.1) is 17.3 Å². The van der Waals surface area contributed by atoms with Crippen LogP contribution in [-0.2, 0) is 4.79 Å². The minimum absolute atomic E-state index is 0.160. The minimum Gasteiger partial charge on any atom is -0.340 e. The number of thioether (sulfide) groups is 1. The maximum Gasteiger partial charge on any atom is 0.323 e.